The fraction of sp³-hybridized carbons (Fsp3) is 0.385. The number of aliphatic hydroxyl groups is 1. The summed E-state index contributed by atoms with van der Waals surface area (Å²) in [5, 5.41) is 11.5. The van der Waals surface area contributed by atoms with Crippen molar-refractivity contribution in [3.63, 3.8) is 0 Å². The van der Waals surface area contributed by atoms with E-state index < -0.39 is 17.7 Å². The molecule has 7 nitrogen and oxygen atoms in total. The molecule has 2 fully saturated rings. The molecular weight excluding hydrogens is 456 g/mol. The standard InChI is InChI=1S/C26H29ClN2O5/c1-17-4-6-18(7-5-17)23-22(24(30)19-8-9-21(33-2)20(27)16-19)25(31)26(32)29(23)11-3-10-28-12-14-34-15-13-28/h4-9,16,23,30H,3,10-15H2,1-2H3/b24-22+. The second-order valence-electron chi connectivity index (χ2n) is 8.56. The Hall–Kier alpha value is -2.87. The monoisotopic (exact) mass is 484 g/mol. The van der Waals surface area contributed by atoms with Gasteiger partial charge in [-0.1, -0.05) is 41.4 Å². The van der Waals surface area contributed by atoms with Crippen molar-refractivity contribution < 1.29 is 24.2 Å². The molecule has 2 aliphatic rings. The van der Waals surface area contributed by atoms with Gasteiger partial charge in [-0.25, -0.2) is 0 Å². The van der Waals surface area contributed by atoms with Crippen LogP contribution in [0.2, 0.25) is 5.02 Å². The lowest BCUT2D eigenvalue weighted by atomic mass is 9.94. The van der Waals surface area contributed by atoms with Gasteiger partial charge in [0.05, 0.1) is 37.0 Å². The minimum atomic E-state index is -0.693. The first-order valence-corrected chi connectivity index (χ1v) is 11.8. The second kappa shape index (κ2) is 10.6. The van der Waals surface area contributed by atoms with Crippen LogP contribution >= 0.6 is 11.6 Å². The molecule has 0 saturated carbocycles. The van der Waals surface area contributed by atoms with Crippen molar-refractivity contribution in [1.29, 1.82) is 0 Å². The molecule has 1 amide bonds. The number of ketones is 1. The summed E-state index contributed by atoms with van der Waals surface area (Å²) in [6, 6.07) is 11.8. The summed E-state index contributed by atoms with van der Waals surface area (Å²) in [4.78, 5) is 30.1. The van der Waals surface area contributed by atoms with Gasteiger partial charge in [0.2, 0.25) is 0 Å². The molecule has 180 valence electrons. The smallest absolute Gasteiger partial charge is 0.295 e. The number of amides is 1. The van der Waals surface area contributed by atoms with E-state index in [2.05, 4.69) is 4.90 Å². The Morgan fingerprint density at radius 3 is 2.47 bits per heavy atom. The number of nitrogens with zero attached hydrogens (tertiary/aromatic N) is 2. The highest BCUT2D eigenvalue weighted by molar-refractivity contribution is 6.46. The summed E-state index contributed by atoms with van der Waals surface area (Å²) in [5.74, 6) is -1.09. The first-order chi connectivity index (χ1) is 16.4. The zero-order valence-electron chi connectivity index (χ0n) is 19.4. The van der Waals surface area contributed by atoms with Crippen LogP contribution in [0.3, 0.4) is 0 Å². The highest BCUT2D eigenvalue weighted by Crippen LogP contribution is 2.40. The van der Waals surface area contributed by atoms with Gasteiger partial charge in [-0.15, -0.1) is 0 Å². The Kier molecular flexibility index (Phi) is 7.56. The van der Waals surface area contributed by atoms with Crippen LogP contribution in [-0.4, -0.2) is 73.1 Å². The Labute approximate surface area is 204 Å². The maximum atomic E-state index is 13.2. The summed E-state index contributed by atoms with van der Waals surface area (Å²) in [6.07, 6.45) is 0.712. The van der Waals surface area contributed by atoms with Crippen LogP contribution in [-0.2, 0) is 14.3 Å². The summed E-state index contributed by atoms with van der Waals surface area (Å²) in [5.41, 5.74) is 2.27. The molecule has 0 bridgehead atoms. The van der Waals surface area contributed by atoms with Crippen molar-refractivity contribution >= 4 is 29.1 Å². The van der Waals surface area contributed by atoms with Gasteiger partial charge in [0.15, 0.2) is 0 Å². The average Bonchev–Trinajstić information content (AvgIpc) is 3.09. The number of Topliss-reactive ketones (excluding diaryl/α,β-unsaturated/α-hetero) is 1. The molecule has 34 heavy (non-hydrogen) atoms. The molecule has 2 saturated heterocycles. The molecule has 0 radical (unpaired) electrons. The number of aryl methyl sites for hydroxylation is 1. The fourth-order valence-corrected chi connectivity index (χ4v) is 4.72. The van der Waals surface area contributed by atoms with Crippen molar-refractivity contribution in [3.05, 3.63) is 69.8 Å². The number of carbonyl (C=O) groups excluding carboxylic acids is 2. The minimum Gasteiger partial charge on any atom is -0.507 e. The molecule has 8 heteroatoms. The predicted octanol–water partition coefficient (Wildman–Crippen LogP) is 3.80. The average molecular weight is 485 g/mol. The van der Waals surface area contributed by atoms with Gasteiger partial charge in [0.1, 0.15) is 11.5 Å². The van der Waals surface area contributed by atoms with E-state index in [9.17, 15) is 14.7 Å². The van der Waals surface area contributed by atoms with Crippen LogP contribution in [0.4, 0.5) is 0 Å². The lowest BCUT2D eigenvalue weighted by Crippen LogP contribution is -2.38. The molecule has 2 aromatic rings. The van der Waals surface area contributed by atoms with Crippen molar-refractivity contribution in [3.8, 4) is 5.75 Å². The molecule has 1 N–H and O–H groups in total. The number of benzene rings is 2. The van der Waals surface area contributed by atoms with Gasteiger partial charge in [-0.2, -0.15) is 0 Å². The third-order valence-electron chi connectivity index (χ3n) is 6.34. The van der Waals surface area contributed by atoms with Crippen molar-refractivity contribution in [1.82, 2.24) is 9.80 Å². The van der Waals surface area contributed by atoms with Gasteiger partial charge in [0.25, 0.3) is 11.7 Å². The summed E-state index contributed by atoms with van der Waals surface area (Å²) in [6.45, 7) is 6.32. The van der Waals surface area contributed by atoms with Crippen LogP contribution in [0.25, 0.3) is 5.76 Å². The van der Waals surface area contributed by atoms with E-state index in [-0.39, 0.29) is 11.3 Å². The molecule has 0 aliphatic carbocycles. The third-order valence-corrected chi connectivity index (χ3v) is 6.63. The topological polar surface area (TPSA) is 79.3 Å². The van der Waals surface area contributed by atoms with E-state index >= 15 is 0 Å². The fourth-order valence-electron chi connectivity index (χ4n) is 4.46. The molecule has 1 unspecified atom stereocenters. The van der Waals surface area contributed by atoms with Gasteiger partial charge in [0, 0.05) is 31.7 Å². The van der Waals surface area contributed by atoms with E-state index in [1.807, 2.05) is 31.2 Å². The van der Waals surface area contributed by atoms with E-state index in [1.165, 1.54) is 13.2 Å². The summed E-state index contributed by atoms with van der Waals surface area (Å²) < 4.78 is 10.6. The number of methoxy groups -OCH3 is 1. The van der Waals surface area contributed by atoms with Crippen LogP contribution in [0, 0.1) is 6.92 Å². The Morgan fingerprint density at radius 1 is 1.12 bits per heavy atom. The number of likely N-dealkylation sites (tertiary alicyclic amines) is 1. The van der Waals surface area contributed by atoms with Crippen LogP contribution in [0.5, 0.6) is 5.75 Å². The summed E-state index contributed by atoms with van der Waals surface area (Å²) in [7, 11) is 1.50. The SMILES string of the molecule is COc1ccc(/C(O)=C2\C(=O)C(=O)N(CCCN3CCOCC3)C2c2ccc(C)cc2)cc1Cl. The Bertz CT molecular complexity index is 1090. The molecule has 2 aliphatic heterocycles. The first-order valence-electron chi connectivity index (χ1n) is 11.4. The first kappa shape index (κ1) is 24.3. The number of rotatable bonds is 7. The van der Waals surface area contributed by atoms with Gasteiger partial charge >= 0.3 is 0 Å². The number of carbonyl (C=O) groups is 2. The van der Waals surface area contributed by atoms with E-state index in [1.54, 1.807) is 17.0 Å². The van der Waals surface area contributed by atoms with E-state index in [0.717, 1.165) is 30.8 Å². The normalized spacial score (nSPS) is 20.7. The maximum absolute atomic E-state index is 13.2. The quantitative estimate of drug-likeness (QED) is 0.366. The largest absolute Gasteiger partial charge is 0.507 e. The second-order valence-corrected chi connectivity index (χ2v) is 8.97. The zero-order valence-corrected chi connectivity index (χ0v) is 20.2. The molecule has 0 aromatic heterocycles. The van der Waals surface area contributed by atoms with Gasteiger partial charge < -0.3 is 19.5 Å². The van der Waals surface area contributed by atoms with E-state index in [4.69, 9.17) is 21.1 Å². The highest BCUT2D eigenvalue weighted by atomic mass is 35.5. The lowest BCUT2D eigenvalue weighted by molar-refractivity contribution is -0.140. The van der Waals surface area contributed by atoms with Crippen molar-refractivity contribution in [2.24, 2.45) is 0 Å². The highest BCUT2D eigenvalue weighted by Gasteiger charge is 2.45. The third kappa shape index (κ3) is 4.97. The van der Waals surface area contributed by atoms with Crippen LogP contribution in [0.1, 0.15) is 29.2 Å². The summed E-state index contributed by atoms with van der Waals surface area (Å²) >= 11 is 6.25. The molecule has 2 heterocycles. The molecule has 2 aromatic carbocycles. The Balaban J connectivity index is 1.68. The number of aliphatic hydroxyl groups excluding tert-OH is 1. The minimum absolute atomic E-state index is 0.0708. The number of hydrogen-bond acceptors (Lipinski definition) is 6. The maximum Gasteiger partial charge on any atom is 0.295 e. The molecule has 0 spiro atoms. The van der Waals surface area contributed by atoms with Gasteiger partial charge in [-0.05, 0) is 37.1 Å². The van der Waals surface area contributed by atoms with Crippen LogP contribution < -0.4 is 4.74 Å². The van der Waals surface area contributed by atoms with Crippen molar-refractivity contribution in [2.45, 2.75) is 19.4 Å². The molecular formula is C26H29ClN2O5. The van der Waals surface area contributed by atoms with Gasteiger partial charge in [-0.3, -0.25) is 14.5 Å². The number of hydrogen-bond donors (Lipinski definition) is 1. The zero-order chi connectivity index (χ0) is 24.2. The number of ether oxygens (including phenoxy) is 2. The van der Waals surface area contributed by atoms with E-state index in [0.29, 0.717) is 42.5 Å². The molecule has 4 rings (SSSR count). The molecule has 1 atom stereocenters. The number of morpholine rings is 1. The van der Waals surface area contributed by atoms with Crippen LogP contribution in [0.15, 0.2) is 48.0 Å². The predicted molar refractivity (Wildman–Crippen MR) is 130 cm³/mol. The number of halogens is 1. The van der Waals surface area contributed by atoms with Crippen molar-refractivity contribution in [2.75, 3.05) is 46.5 Å². The lowest BCUT2D eigenvalue weighted by Gasteiger charge is -2.29. The Morgan fingerprint density at radius 2 is 1.82 bits per heavy atom.